The van der Waals surface area contributed by atoms with Gasteiger partial charge in [-0.2, -0.15) is 4.80 Å². The number of thiazole rings is 1. The molecule has 9 heteroatoms. The van der Waals surface area contributed by atoms with Crippen LogP contribution < -0.4 is 5.32 Å². The molecule has 0 bridgehead atoms. The van der Waals surface area contributed by atoms with Crippen molar-refractivity contribution < 1.29 is 4.79 Å². The standard InChI is InChI=1S/C8H9ClN6OS/c1-15-13-8(12-14-15)11-6(16)2-7-10-5(3-9)4-17-7/h4H,2-3H2,1H3,(H,11,13,16). The largest absolute Gasteiger partial charge is 0.292 e. The molecular formula is C8H9ClN6OS. The van der Waals surface area contributed by atoms with E-state index in [2.05, 4.69) is 25.7 Å². The second-order valence-corrected chi connectivity index (χ2v) is 4.40. The summed E-state index contributed by atoms with van der Waals surface area (Å²) in [6.45, 7) is 0. The number of nitrogens with one attached hydrogen (secondary N) is 1. The zero-order valence-electron chi connectivity index (χ0n) is 8.92. The van der Waals surface area contributed by atoms with Crippen LogP contribution in [0.1, 0.15) is 10.7 Å². The number of anilines is 1. The lowest BCUT2D eigenvalue weighted by atomic mass is 10.4. The van der Waals surface area contributed by atoms with E-state index in [4.69, 9.17) is 11.6 Å². The molecule has 7 nitrogen and oxygen atoms in total. The highest BCUT2D eigenvalue weighted by Gasteiger charge is 2.10. The third kappa shape index (κ3) is 3.21. The van der Waals surface area contributed by atoms with Crippen LogP contribution in [0.15, 0.2) is 5.38 Å². The third-order valence-corrected chi connectivity index (χ3v) is 2.98. The molecule has 2 heterocycles. The third-order valence-electron chi connectivity index (χ3n) is 1.81. The van der Waals surface area contributed by atoms with Gasteiger partial charge in [0.1, 0.15) is 5.01 Å². The molecule has 1 N–H and O–H groups in total. The quantitative estimate of drug-likeness (QED) is 0.823. The normalized spacial score (nSPS) is 10.5. The first kappa shape index (κ1) is 11.9. The molecule has 0 unspecified atom stereocenters. The van der Waals surface area contributed by atoms with Crippen LogP contribution >= 0.6 is 22.9 Å². The van der Waals surface area contributed by atoms with Crippen LogP contribution in [-0.2, 0) is 24.1 Å². The van der Waals surface area contributed by atoms with Crippen molar-refractivity contribution in [2.75, 3.05) is 5.32 Å². The molecule has 2 rings (SSSR count). The highest BCUT2D eigenvalue weighted by molar-refractivity contribution is 7.09. The molecule has 0 aromatic carbocycles. The summed E-state index contributed by atoms with van der Waals surface area (Å²) in [6, 6.07) is 0. The summed E-state index contributed by atoms with van der Waals surface area (Å²) < 4.78 is 0. The van der Waals surface area contributed by atoms with Gasteiger partial charge in [0.25, 0.3) is 5.95 Å². The molecule has 2 aromatic rings. The number of amides is 1. The van der Waals surface area contributed by atoms with Gasteiger partial charge in [-0.3, -0.25) is 10.1 Å². The molecule has 0 saturated heterocycles. The zero-order valence-corrected chi connectivity index (χ0v) is 10.5. The maximum atomic E-state index is 11.6. The van der Waals surface area contributed by atoms with E-state index in [1.54, 1.807) is 7.05 Å². The number of aromatic nitrogens is 5. The lowest BCUT2D eigenvalue weighted by Crippen LogP contribution is -2.15. The second-order valence-electron chi connectivity index (χ2n) is 3.19. The van der Waals surface area contributed by atoms with Gasteiger partial charge < -0.3 is 0 Å². The molecular weight excluding hydrogens is 264 g/mol. The first-order valence-corrected chi connectivity index (χ1v) is 6.12. The van der Waals surface area contributed by atoms with Crippen molar-refractivity contribution in [3.05, 3.63) is 16.1 Å². The Morgan fingerprint density at radius 3 is 3.06 bits per heavy atom. The van der Waals surface area contributed by atoms with Crippen LogP contribution in [0.5, 0.6) is 0 Å². The number of halogens is 1. The highest BCUT2D eigenvalue weighted by Crippen LogP contribution is 2.12. The van der Waals surface area contributed by atoms with Crippen molar-refractivity contribution in [1.29, 1.82) is 0 Å². The van der Waals surface area contributed by atoms with Gasteiger partial charge in [0.05, 0.1) is 25.0 Å². The van der Waals surface area contributed by atoms with Crippen LogP contribution in [0.2, 0.25) is 0 Å². The van der Waals surface area contributed by atoms with Gasteiger partial charge >= 0.3 is 0 Å². The maximum Gasteiger partial charge on any atom is 0.270 e. The smallest absolute Gasteiger partial charge is 0.270 e. The monoisotopic (exact) mass is 272 g/mol. The summed E-state index contributed by atoms with van der Waals surface area (Å²) >= 11 is 7.02. The summed E-state index contributed by atoms with van der Waals surface area (Å²) in [7, 11) is 1.62. The highest BCUT2D eigenvalue weighted by atomic mass is 35.5. The van der Waals surface area contributed by atoms with E-state index in [-0.39, 0.29) is 18.3 Å². The van der Waals surface area contributed by atoms with Crippen molar-refractivity contribution in [1.82, 2.24) is 25.2 Å². The van der Waals surface area contributed by atoms with Crippen LogP contribution in [-0.4, -0.2) is 31.1 Å². The Labute approximate surface area is 106 Å². The van der Waals surface area contributed by atoms with Gasteiger partial charge in [0.2, 0.25) is 5.91 Å². The lowest BCUT2D eigenvalue weighted by Gasteiger charge is -1.96. The predicted molar refractivity (Wildman–Crippen MR) is 62.8 cm³/mol. The van der Waals surface area contributed by atoms with Gasteiger partial charge in [-0.15, -0.1) is 28.0 Å². The van der Waals surface area contributed by atoms with Crippen molar-refractivity contribution in [2.45, 2.75) is 12.3 Å². The number of carbonyl (C=O) groups is 1. The zero-order chi connectivity index (χ0) is 12.3. The Balaban J connectivity index is 1.93. The number of tetrazole rings is 1. The maximum absolute atomic E-state index is 11.6. The SMILES string of the molecule is Cn1nnc(NC(=O)Cc2nc(CCl)cs2)n1. The molecule has 1 amide bonds. The van der Waals surface area contributed by atoms with Gasteiger partial charge in [-0.1, -0.05) is 5.10 Å². The number of alkyl halides is 1. The van der Waals surface area contributed by atoms with Crippen LogP contribution in [0.4, 0.5) is 5.95 Å². The van der Waals surface area contributed by atoms with Crippen molar-refractivity contribution in [3.63, 3.8) is 0 Å². The van der Waals surface area contributed by atoms with Gasteiger partial charge in [-0.05, 0) is 5.21 Å². The minimum Gasteiger partial charge on any atom is -0.292 e. The summed E-state index contributed by atoms with van der Waals surface area (Å²) in [5.74, 6) is 0.309. The Morgan fingerprint density at radius 1 is 1.65 bits per heavy atom. The first-order chi connectivity index (χ1) is 8.17. The van der Waals surface area contributed by atoms with E-state index >= 15 is 0 Å². The Morgan fingerprint density at radius 2 is 2.47 bits per heavy atom. The van der Waals surface area contributed by atoms with Crippen LogP contribution in [0.25, 0.3) is 0 Å². The van der Waals surface area contributed by atoms with E-state index < -0.39 is 0 Å². The van der Waals surface area contributed by atoms with Crippen LogP contribution in [0.3, 0.4) is 0 Å². The molecule has 0 saturated carbocycles. The number of nitrogens with zero attached hydrogens (tertiary/aromatic N) is 5. The predicted octanol–water partition coefficient (Wildman–Crippen LogP) is 0.587. The minimum absolute atomic E-state index is 0.180. The number of carbonyl (C=O) groups excluding carboxylic acids is 1. The summed E-state index contributed by atoms with van der Waals surface area (Å²) in [6.07, 6.45) is 0.180. The van der Waals surface area contributed by atoms with Gasteiger partial charge in [0.15, 0.2) is 0 Å². The van der Waals surface area contributed by atoms with Crippen molar-refractivity contribution in [2.24, 2.45) is 7.05 Å². The molecule has 17 heavy (non-hydrogen) atoms. The van der Waals surface area contributed by atoms with E-state index in [1.807, 2.05) is 5.38 Å². The molecule has 0 aliphatic carbocycles. The van der Waals surface area contributed by atoms with Crippen LogP contribution in [0, 0.1) is 0 Å². The Hall–Kier alpha value is -1.54. The van der Waals surface area contributed by atoms with Gasteiger partial charge in [-0.25, -0.2) is 4.98 Å². The first-order valence-electron chi connectivity index (χ1n) is 4.70. The number of hydrogen-bond donors (Lipinski definition) is 1. The summed E-state index contributed by atoms with van der Waals surface area (Å²) in [4.78, 5) is 17.0. The topological polar surface area (TPSA) is 85.6 Å². The van der Waals surface area contributed by atoms with Crippen molar-refractivity contribution in [3.8, 4) is 0 Å². The Kier molecular flexibility index (Phi) is 3.64. The molecule has 0 aliphatic heterocycles. The van der Waals surface area contributed by atoms with E-state index in [9.17, 15) is 4.79 Å². The minimum atomic E-state index is -0.228. The van der Waals surface area contributed by atoms with E-state index in [0.29, 0.717) is 10.9 Å². The molecule has 0 aliphatic rings. The summed E-state index contributed by atoms with van der Waals surface area (Å²) in [5, 5.41) is 16.2. The molecule has 90 valence electrons. The number of hydrogen-bond acceptors (Lipinski definition) is 6. The van der Waals surface area contributed by atoms with E-state index in [0.717, 1.165) is 5.69 Å². The fourth-order valence-corrected chi connectivity index (χ4v) is 2.15. The molecule has 0 fully saturated rings. The lowest BCUT2D eigenvalue weighted by molar-refractivity contribution is -0.115. The molecule has 2 aromatic heterocycles. The summed E-state index contributed by atoms with van der Waals surface area (Å²) in [5.41, 5.74) is 0.775. The Bertz CT molecular complexity index is 524. The molecule has 0 radical (unpaired) electrons. The molecule has 0 spiro atoms. The number of aryl methyl sites for hydroxylation is 1. The second kappa shape index (κ2) is 5.19. The molecule has 0 atom stereocenters. The van der Waals surface area contributed by atoms with E-state index in [1.165, 1.54) is 16.1 Å². The fraction of sp³-hybridized carbons (Fsp3) is 0.375. The van der Waals surface area contributed by atoms with Gasteiger partial charge in [0, 0.05) is 5.38 Å². The fourth-order valence-electron chi connectivity index (χ4n) is 1.13. The number of rotatable bonds is 4. The average Bonchev–Trinajstić information content (AvgIpc) is 2.88. The van der Waals surface area contributed by atoms with Crippen molar-refractivity contribution >= 4 is 34.8 Å². The average molecular weight is 273 g/mol.